The first-order valence-corrected chi connectivity index (χ1v) is 9.66. The summed E-state index contributed by atoms with van der Waals surface area (Å²) in [5.74, 6) is -1.11. The van der Waals surface area contributed by atoms with Gasteiger partial charge < -0.3 is 5.32 Å². The highest BCUT2D eigenvalue weighted by Gasteiger charge is 2.38. The van der Waals surface area contributed by atoms with Gasteiger partial charge in [-0.1, -0.05) is 35.3 Å². The molecule has 0 saturated carbocycles. The van der Waals surface area contributed by atoms with Gasteiger partial charge in [-0.3, -0.25) is 14.8 Å². The van der Waals surface area contributed by atoms with E-state index in [4.69, 9.17) is 23.2 Å². The molecule has 3 rings (SSSR count). The number of carbonyl (C=O) groups is 1. The molecule has 1 atom stereocenters. The zero-order valence-electron chi connectivity index (χ0n) is 16.0. The summed E-state index contributed by atoms with van der Waals surface area (Å²) in [5.41, 5.74) is -3.08. The molecule has 1 aromatic carbocycles. The zero-order valence-corrected chi connectivity index (χ0v) is 17.5. The number of benzene rings is 1. The Balaban J connectivity index is 1.78. The maximum atomic E-state index is 15.3. The number of nitrogens with zero attached hydrogens (tertiary/aromatic N) is 2. The van der Waals surface area contributed by atoms with Gasteiger partial charge in [0.2, 0.25) is 0 Å². The number of halogens is 6. The van der Waals surface area contributed by atoms with Crippen LogP contribution in [0, 0.1) is 0 Å². The SMILES string of the molecule is CC(F)(CNC(=O)c1cccnc1C(F)(F)F)c1ncc(-c2ccc(Cl)cc2)cc1Cl. The van der Waals surface area contributed by atoms with Crippen molar-refractivity contribution in [1.82, 2.24) is 15.3 Å². The number of hydrogen-bond acceptors (Lipinski definition) is 3. The van der Waals surface area contributed by atoms with E-state index in [0.29, 0.717) is 10.6 Å². The van der Waals surface area contributed by atoms with Crippen LogP contribution in [0.25, 0.3) is 11.1 Å². The van der Waals surface area contributed by atoms with Crippen LogP contribution < -0.4 is 5.32 Å². The van der Waals surface area contributed by atoms with Crippen molar-refractivity contribution in [1.29, 1.82) is 0 Å². The number of nitrogens with one attached hydrogen (secondary N) is 1. The first-order valence-electron chi connectivity index (χ1n) is 8.90. The standard InChI is InChI=1S/C21H15Cl2F4N3O/c1-20(24,11-30-19(31)15-3-2-8-28-17(15)21(25,26)27)18-16(23)9-13(10-29-18)12-4-6-14(22)7-5-12/h2-10H,11H2,1H3,(H,30,31). The minimum Gasteiger partial charge on any atom is -0.348 e. The molecule has 162 valence electrons. The van der Waals surface area contributed by atoms with Gasteiger partial charge in [-0.05, 0) is 42.8 Å². The van der Waals surface area contributed by atoms with E-state index in [0.717, 1.165) is 24.8 Å². The van der Waals surface area contributed by atoms with Gasteiger partial charge in [0.05, 0.1) is 22.8 Å². The van der Waals surface area contributed by atoms with Crippen LogP contribution in [0.1, 0.15) is 28.7 Å². The topological polar surface area (TPSA) is 54.9 Å². The molecule has 2 heterocycles. The highest BCUT2D eigenvalue weighted by Crippen LogP contribution is 2.33. The van der Waals surface area contributed by atoms with E-state index in [1.54, 1.807) is 24.3 Å². The Morgan fingerprint density at radius 1 is 1.00 bits per heavy atom. The molecule has 0 aliphatic rings. The number of hydrogen-bond donors (Lipinski definition) is 1. The monoisotopic (exact) mass is 471 g/mol. The van der Waals surface area contributed by atoms with E-state index in [1.165, 1.54) is 18.3 Å². The van der Waals surface area contributed by atoms with Crippen LogP contribution in [-0.4, -0.2) is 22.4 Å². The van der Waals surface area contributed by atoms with Gasteiger partial charge in [0.25, 0.3) is 5.91 Å². The molecule has 0 bridgehead atoms. The Morgan fingerprint density at radius 3 is 2.29 bits per heavy atom. The second kappa shape index (κ2) is 8.80. The molecule has 1 N–H and O–H groups in total. The lowest BCUT2D eigenvalue weighted by atomic mass is 10.0. The molecule has 0 spiro atoms. The van der Waals surface area contributed by atoms with Crippen LogP contribution in [0.3, 0.4) is 0 Å². The van der Waals surface area contributed by atoms with Crippen molar-refractivity contribution in [2.75, 3.05) is 6.54 Å². The minimum atomic E-state index is -4.82. The highest BCUT2D eigenvalue weighted by atomic mass is 35.5. The van der Waals surface area contributed by atoms with E-state index in [2.05, 4.69) is 15.3 Å². The van der Waals surface area contributed by atoms with Crippen molar-refractivity contribution in [2.24, 2.45) is 0 Å². The maximum absolute atomic E-state index is 15.3. The zero-order chi connectivity index (χ0) is 22.8. The second-order valence-corrected chi connectivity index (χ2v) is 7.68. The van der Waals surface area contributed by atoms with Crippen molar-refractivity contribution in [3.63, 3.8) is 0 Å². The Bertz CT molecular complexity index is 1100. The lowest BCUT2D eigenvalue weighted by Crippen LogP contribution is -2.37. The third-order valence-electron chi connectivity index (χ3n) is 4.41. The Kier molecular flexibility index (Phi) is 6.52. The third-order valence-corrected chi connectivity index (χ3v) is 4.95. The molecule has 1 unspecified atom stereocenters. The quantitative estimate of drug-likeness (QED) is 0.458. The fourth-order valence-electron chi connectivity index (χ4n) is 2.86. The van der Waals surface area contributed by atoms with Crippen LogP contribution in [0.15, 0.2) is 54.9 Å². The highest BCUT2D eigenvalue weighted by molar-refractivity contribution is 6.31. The smallest absolute Gasteiger partial charge is 0.348 e. The number of amides is 1. The van der Waals surface area contributed by atoms with Crippen molar-refractivity contribution < 1.29 is 22.4 Å². The van der Waals surface area contributed by atoms with Crippen molar-refractivity contribution in [3.8, 4) is 11.1 Å². The van der Waals surface area contributed by atoms with Gasteiger partial charge in [0, 0.05) is 23.0 Å². The fourth-order valence-corrected chi connectivity index (χ4v) is 3.35. The molecule has 10 heteroatoms. The molecular formula is C21H15Cl2F4N3O. The Morgan fingerprint density at radius 2 is 1.68 bits per heavy atom. The molecule has 1 amide bonds. The summed E-state index contributed by atoms with van der Waals surface area (Å²) >= 11 is 12.1. The Hall–Kier alpha value is -2.71. The van der Waals surface area contributed by atoms with Crippen LogP contribution in [0.4, 0.5) is 17.6 Å². The number of carbonyl (C=O) groups excluding carboxylic acids is 1. The fraction of sp³-hybridized carbons (Fsp3) is 0.190. The van der Waals surface area contributed by atoms with Gasteiger partial charge in [-0.15, -0.1) is 0 Å². The maximum Gasteiger partial charge on any atom is 0.434 e. The Labute approximate surface area is 185 Å². The molecule has 0 fully saturated rings. The lowest BCUT2D eigenvalue weighted by molar-refractivity contribution is -0.141. The molecule has 2 aromatic heterocycles. The predicted octanol–water partition coefficient (Wildman–Crippen LogP) is 6.08. The van der Waals surface area contributed by atoms with Gasteiger partial charge in [-0.2, -0.15) is 13.2 Å². The largest absolute Gasteiger partial charge is 0.434 e. The van der Waals surface area contributed by atoms with Crippen molar-refractivity contribution in [3.05, 3.63) is 81.9 Å². The van der Waals surface area contributed by atoms with Crippen molar-refractivity contribution >= 4 is 29.1 Å². The first kappa shape index (κ1) is 23.0. The van der Waals surface area contributed by atoms with Gasteiger partial charge in [0.1, 0.15) is 0 Å². The lowest BCUT2D eigenvalue weighted by Gasteiger charge is -2.22. The summed E-state index contributed by atoms with van der Waals surface area (Å²) in [6, 6.07) is 10.5. The number of aromatic nitrogens is 2. The summed E-state index contributed by atoms with van der Waals surface area (Å²) in [5, 5.41) is 2.72. The molecule has 0 aliphatic carbocycles. The van der Waals surface area contributed by atoms with E-state index in [9.17, 15) is 18.0 Å². The second-order valence-electron chi connectivity index (χ2n) is 6.84. The van der Waals surface area contributed by atoms with E-state index >= 15 is 4.39 Å². The molecule has 0 radical (unpaired) electrons. The number of pyridine rings is 2. The third kappa shape index (κ3) is 5.32. The van der Waals surface area contributed by atoms with Crippen LogP contribution in [0.2, 0.25) is 10.0 Å². The van der Waals surface area contributed by atoms with Crippen LogP contribution in [0.5, 0.6) is 0 Å². The summed E-state index contributed by atoms with van der Waals surface area (Å²) in [4.78, 5) is 19.5. The van der Waals surface area contributed by atoms with Gasteiger partial charge in [0.15, 0.2) is 11.4 Å². The average molecular weight is 472 g/mol. The minimum absolute atomic E-state index is 0.00376. The van der Waals surface area contributed by atoms with Crippen molar-refractivity contribution in [2.45, 2.75) is 18.8 Å². The first-order chi connectivity index (χ1) is 14.5. The summed E-state index contributed by atoms with van der Waals surface area (Å²) in [6.07, 6.45) is -2.49. The predicted molar refractivity (Wildman–Crippen MR) is 110 cm³/mol. The average Bonchev–Trinajstić information content (AvgIpc) is 2.71. The summed E-state index contributed by atoms with van der Waals surface area (Å²) in [7, 11) is 0. The van der Waals surface area contributed by atoms with Crippen LogP contribution >= 0.6 is 23.2 Å². The molecule has 4 nitrogen and oxygen atoms in total. The van der Waals surface area contributed by atoms with Crippen LogP contribution in [-0.2, 0) is 11.8 Å². The molecule has 0 saturated heterocycles. The number of alkyl halides is 4. The van der Waals surface area contributed by atoms with E-state index < -0.39 is 35.6 Å². The van der Waals surface area contributed by atoms with Gasteiger partial charge in [-0.25, -0.2) is 4.39 Å². The molecule has 3 aromatic rings. The molecule has 31 heavy (non-hydrogen) atoms. The molecular weight excluding hydrogens is 457 g/mol. The normalized spacial score (nSPS) is 13.5. The van der Waals surface area contributed by atoms with Gasteiger partial charge >= 0.3 is 6.18 Å². The molecule has 0 aliphatic heterocycles. The number of rotatable bonds is 5. The summed E-state index contributed by atoms with van der Waals surface area (Å²) in [6.45, 7) is 0.475. The van der Waals surface area contributed by atoms with E-state index in [-0.39, 0.29) is 10.7 Å². The van der Waals surface area contributed by atoms with E-state index in [1.807, 2.05) is 0 Å². The summed E-state index contributed by atoms with van der Waals surface area (Å²) < 4.78 is 54.4.